The Morgan fingerprint density at radius 1 is 1.06 bits per heavy atom. The Balaban J connectivity index is 1.36. The fraction of sp³-hybridized carbons (Fsp3) is 0.0800. The largest absolute Gasteiger partial charge is 0.484 e. The van der Waals surface area contributed by atoms with Gasteiger partial charge in [-0.1, -0.05) is 53.8 Å². The van der Waals surface area contributed by atoms with Gasteiger partial charge in [0.25, 0.3) is 11.8 Å². The van der Waals surface area contributed by atoms with E-state index in [1.165, 1.54) is 40.9 Å². The second-order valence-electron chi connectivity index (χ2n) is 7.27. The van der Waals surface area contributed by atoms with Crippen LogP contribution in [0.3, 0.4) is 0 Å². The number of carbonyl (C=O) groups is 2. The highest BCUT2D eigenvalue weighted by Gasteiger charge is 2.33. The molecule has 1 saturated heterocycles. The normalized spacial score (nSPS) is 14.6. The van der Waals surface area contributed by atoms with Gasteiger partial charge >= 0.3 is 0 Å². The maximum Gasteiger partial charge on any atom is 0.270 e. The van der Waals surface area contributed by atoms with E-state index in [0.717, 1.165) is 11.1 Å². The van der Waals surface area contributed by atoms with E-state index in [0.29, 0.717) is 26.3 Å². The van der Waals surface area contributed by atoms with E-state index in [2.05, 4.69) is 5.32 Å². The number of ether oxygens (including phenoxy) is 1. The molecule has 0 unspecified atom stereocenters. The van der Waals surface area contributed by atoms with Crippen LogP contribution in [0.2, 0.25) is 0 Å². The molecule has 0 saturated carbocycles. The first-order valence-electron chi connectivity index (χ1n) is 10.0. The molecule has 1 aliphatic heterocycles. The predicted molar refractivity (Wildman–Crippen MR) is 134 cm³/mol. The third kappa shape index (κ3) is 5.66. The number of thioether (sulfide) groups is 1. The van der Waals surface area contributed by atoms with Crippen molar-refractivity contribution in [2.75, 3.05) is 16.8 Å². The summed E-state index contributed by atoms with van der Waals surface area (Å²) in [6.45, 7) is 1.86. The molecule has 166 valence electrons. The fourth-order valence-electron chi connectivity index (χ4n) is 3.07. The standard InChI is InChI=1S/C25H19FN2O3S2/c1-16-2-8-19(9-3-16)27-23(29)15-31-21-12-4-17(5-13-21)14-22-24(30)28(25(32)33-22)20-10-6-18(26)7-11-20/h2-14H,15H2,1H3,(H,27,29)/b22-14-. The van der Waals surface area contributed by atoms with Crippen LogP contribution in [0.25, 0.3) is 6.08 Å². The summed E-state index contributed by atoms with van der Waals surface area (Å²) < 4.78 is 19.1. The molecular formula is C25H19FN2O3S2. The molecule has 1 heterocycles. The summed E-state index contributed by atoms with van der Waals surface area (Å²) in [6, 6.07) is 20.2. The lowest BCUT2D eigenvalue weighted by Gasteiger charge is -2.14. The van der Waals surface area contributed by atoms with Gasteiger partial charge in [-0.2, -0.15) is 0 Å². The smallest absolute Gasteiger partial charge is 0.270 e. The zero-order chi connectivity index (χ0) is 23.4. The lowest BCUT2D eigenvalue weighted by molar-refractivity contribution is -0.118. The molecule has 8 heteroatoms. The van der Waals surface area contributed by atoms with Crippen molar-refractivity contribution in [3.05, 3.63) is 94.6 Å². The van der Waals surface area contributed by atoms with Gasteiger partial charge in [-0.15, -0.1) is 0 Å². The average molecular weight is 479 g/mol. The lowest BCUT2D eigenvalue weighted by Crippen LogP contribution is -2.27. The number of anilines is 2. The average Bonchev–Trinajstić information content (AvgIpc) is 3.08. The second kappa shape index (κ2) is 9.97. The minimum atomic E-state index is -0.380. The van der Waals surface area contributed by atoms with Crippen LogP contribution in [0.5, 0.6) is 5.75 Å². The van der Waals surface area contributed by atoms with Crippen molar-refractivity contribution in [2.24, 2.45) is 0 Å². The summed E-state index contributed by atoms with van der Waals surface area (Å²) in [4.78, 5) is 26.7. The van der Waals surface area contributed by atoms with Crippen LogP contribution >= 0.6 is 24.0 Å². The second-order valence-corrected chi connectivity index (χ2v) is 8.94. The molecule has 3 aromatic carbocycles. The Hall–Kier alpha value is -3.49. The van der Waals surface area contributed by atoms with E-state index in [9.17, 15) is 14.0 Å². The molecule has 1 aliphatic rings. The van der Waals surface area contributed by atoms with Gasteiger partial charge in [0, 0.05) is 5.69 Å². The topological polar surface area (TPSA) is 58.6 Å². The monoisotopic (exact) mass is 478 g/mol. The molecule has 0 aliphatic carbocycles. The highest BCUT2D eigenvalue weighted by atomic mass is 32.2. The zero-order valence-electron chi connectivity index (χ0n) is 17.6. The molecule has 0 aromatic heterocycles. The highest BCUT2D eigenvalue weighted by molar-refractivity contribution is 8.27. The number of rotatable bonds is 6. The van der Waals surface area contributed by atoms with Gasteiger partial charge < -0.3 is 10.1 Å². The third-order valence-corrected chi connectivity index (χ3v) is 6.06. The van der Waals surface area contributed by atoms with Gasteiger partial charge in [-0.3, -0.25) is 14.5 Å². The van der Waals surface area contributed by atoms with Gasteiger partial charge in [0.2, 0.25) is 0 Å². The predicted octanol–water partition coefficient (Wildman–Crippen LogP) is 5.56. The lowest BCUT2D eigenvalue weighted by atomic mass is 10.2. The molecule has 0 atom stereocenters. The van der Waals surface area contributed by atoms with Crippen LogP contribution in [-0.2, 0) is 9.59 Å². The molecule has 5 nitrogen and oxygen atoms in total. The van der Waals surface area contributed by atoms with Crippen LogP contribution in [0, 0.1) is 12.7 Å². The number of nitrogens with one attached hydrogen (secondary N) is 1. The van der Waals surface area contributed by atoms with Crippen molar-refractivity contribution in [1.29, 1.82) is 0 Å². The molecule has 1 N–H and O–H groups in total. The number of carbonyl (C=O) groups excluding carboxylic acids is 2. The molecule has 4 rings (SSSR count). The van der Waals surface area contributed by atoms with Gasteiger partial charge in [0.1, 0.15) is 11.6 Å². The van der Waals surface area contributed by atoms with Crippen LogP contribution in [0.15, 0.2) is 77.7 Å². The summed E-state index contributed by atoms with van der Waals surface area (Å²) in [5.41, 5.74) is 3.13. The Bertz CT molecular complexity index is 1220. The highest BCUT2D eigenvalue weighted by Crippen LogP contribution is 2.36. The van der Waals surface area contributed by atoms with E-state index in [1.54, 1.807) is 30.3 Å². The summed E-state index contributed by atoms with van der Waals surface area (Å²) >= 11 is 6.52. The van der Waals surface area contributed by atoms with E-state index >= 15 is 0 Å². The Morgan fingerprint density at radius 3 is 2.39 bits per heavy atom. The van der Waals surface area contributed by atoms with Crippen LogP contribution < -0.4 is 15.0 Å². The zero-order valence-corrected chi connectivity index (χ0v) is 19.2. The molecule has 1 fully saturated rings. The van der Waals surface area contributed by atoms with Crippen molar-refractivity contribution in [3.63, 3.8) is 0 Å². The molecule has 2 amide bonds. The summed E-state index contributed by atoms with van der Waals surface area (Å²) in [6.07, 6.45) is 1.73. The Labute approximate surface area is 200 Å². The number of hydrogen-bond acceptors (Lipinski definition) is 5. The molecular weight excluding hydrogens is 459 g/mol. The van der Waals surface area contributed by atoms with Gasteiger partial charge in [-0.05, 0) is 67.1 Å². The van der Waals surface area contributed by atoms with Crippen LogP contribution in [0.1, 0.15) is 11.1 Å². The minimum absolute atomic E-state index is 0.121. The van der Waals surface area contributed by atoms with Gasteiger partial charge in [0.05, 0.1) is 10.6 Å². The van der Waals surface area contributed by atoms with E-state index in [1.807, 2.05) is 31.2 Å². The molecule has 0 bridgehead atoms. The summed E-state index contributed by atoms with van der Waals surface area (Å²) in [5, 5.41) is 2.78. The number of amides is 2. The molecule has 0 radical (unpaired) electrons. The fourth-order valence-corrected chi connectivity index (χ4v) is 4.37. The van der Waals surface area contributed by atoms with Gasteiger partial charge in [-0.25, -0.2) is 4.39 Å². The first-order chi connectivity index (χ1) is 15.9. The first-order valence-corrected chi connectivity index (χ1v) is 11.2. The summed E-state index contributed by atoms with van der Waals surface area (Å²) in [7, 11) is 0. The van der Waals surface area contributed by atoms with Crippen molar-refractivity contribution in [1.82, 2.24) is 0 Å². The quantitative estimate of drug-likeness (QED) is 0.371. The van der Waals surface area contributed by atoms with E-state index < -0.39 is 0 Å². The first kappa shape index (κ1) is 22.7. The molecule has 0 spiro atoms. The third-order valence-electron chi connectivity index (χ3n) is 4.76. The van der Waals surface area contributed by atoms with Crippen LogP contribution in [0.4, 0.5) is 15.8 Å². The maximum absolute atomic E-state index is 13.2. The number of nitrogens with zero attached hydrogens (tertiary/aromatic N) is 1. The van der Waals surface area contributed by atoms with Crippen molar-refractivity contribution in [2.45, 2.75) is 6.92 Å². The minimum Gasteiger partial charge on any atom is -0.484 e. The number of aryl methyl sites for hydroxylation is 1. The van der Waals surface area contributed by atoms with Crippen LogP contribution in [-0.4, -0.2) is 22.7 Å². The number of benzene rings is 3. The van der Waals surface area contributed by atoms with Crippen molar-refractivity contribution in [3.8, 4) is 5.75 Å². The maximum atomic E-state index is 13.2. The van der Waals surface area contributed by atoms with E-state index in [4.69, 9.17) is 17.0 Å². The number of thiocarbonyl (C=S) groups is 1. The number of hydrogen-bond donors (Lipinski definition) is 1. The SMILES string of the molecule is Cc1ccc(NC(=O)COc2ccc(/C=C3\SC(=S)N(c4ccc(F)cc4)C3=O)cc2)cc1. The van der Waals surface area contributed by atoms with Gasteiger partial charge in [0.15, 0.2) is 10.9 Å². The summed E-state index contributed by atoms with van der Waals surface area (Å²) in [5.74, 6) is -0.364. The Kier molecular flexibility index (Phi) is 6.86. The van der Waals surface area contributed by atoms with Crippen molar-refractivity contribution >= 4 is 57.6 Å². The van der Waals surface area contributed by atoms with E-state index in [-0.39, 0.29) is 24.2 Å². The Morgan fingerprint density at radius 2 is 1.73 bits per heavy atom. The molecule has 33 heavy (non-hydrogen) atoms. The van der Waals surface area contributed by atoms with Crippen molar-refractivity contribution < 1.29 is 18.7 Å². The number of halogens is 1. The molecule has 3 aromatic rings.